The highest BCUT2D eigenvalue weighted by Gasteiger charge is 2.33. The van der Waals surface area contributed by atoms with Gasteiger partial charge in [-0.2, -0.15) is 0 Å². The number of piperidine rings is 1. The van der Waals surface area contributed by atoms with Crippen LogP contribution in [0.5, 0.6) is 0 Å². The number of likely N-dealkylation sites (tertiary alicyclic amines) is 1. The summed E-state index contributed by atoms with van der Waals surface area (Å²) >= 11 is 0. The lowest BCUT2D eigenvalue weighted by Crippen LogP contribution is -2.50. The summed E-state index contributed by atoms with van der Waals surface area (Å²) in [5.74, 6) is 0.0724. The molecule has 1 N–H and O–H groups in total. The third kappa shape index (κ3) is 3.08. The van der Waals surface area contributed by atoms with Crippen LogP contribution < -0.4 is 10.2 Å². The number of nitrogens with one attached hydrogen (secondary N) is 1. The maximum atomic E-state index is 12.4. The molecule has 1 aromatic carbocycles. The summed E-state index contributed by atoms with van der Waals surface area (Å²) in [6, 6.07) is 9.78. The van der Waals surface area contributed by atoms with Crippen molar-refractivity contribution in [2.24, 2.45) is 0 Å². The van der Waals surface area contributed by atoms with Crippen molar-refractivity contribution in [1.82, 2.24) is 10.2 Å². The van der Waals surface area contributed by atoms with Gasteiger partial charge in [-0.15, -0.1) is 0 Å². The lowest BCUT2D eigenvalue weighted by atomic mass is 10.0. The topological polar surface area (TPSA) is 52.7 Å². The van der Waals surface area contributed by atoms with Crippen molar-refractivity contribution >= 4 is 17.6 Å². The summed E-state index contributed by atoms with van der Waals surface area (Å²) in [7, 11) is 0. The minimum atomic E-state index is -0.102. The van der Waals surface area contributed by atoms with Crippen molar-refractivity contribution in [3.8, 4) is 0 Å². The largest absolute Gasteiger partial charge is 0.333 e. The van der Waals surface area contributed by atoms with E-state index in [1.54, 1.807) is 4.90 Å². The molecule has 2 aliphatic heterocycles. The van der Waals surface area contributed by atoms with Gasteiger partial charge in [0.05, 0.1) is 6.04 Å². The highest BCUT2D eigenvalue weighted by atomic mass is 16.2. The Labute approximate surface area is 131 Å². The van der Waals surface area contributed by atoms with E-state index in [1.807, 2.05) is 35.2 Å². The first kappa shape index (κ1) is 14.9. The van der Waals surface area contributed by atoms with Crippen molar-refractivity contribution in [2.75, 3.05) is 18.0 Å². The Bertz CT molecular complexity index is 546. The zero-order valence-corrected chi connectivity index (χ0v) is 13.0. The third-order valence-electron chi connectivity index (χ3n) is 4.58. The average Bonchev–Trinajstić information content (AvgIpc) is 2.89. The molecule has 2 saturated heterocycles. The molecule has 0 aliphatic carbocycles. The van der Waals surface area contributed by atoms with Gasteiger partial charge in [0, 0.05) is 31.2 Å². The fraction of sp³-hybridized carbons (Fsp3) is 0.529. The molecule has 2 aliphatic rings. The van der Waals surface area contributed by atoms with Crippen molar-refractivity contribution in [3.05, 3.63) is 30.3 Å². The standard InChI is InChI=1S/C17H23N3O2/c1-13-7-5-6-10-19(13)17(22)18-14-11-16(21)20(12-14)15-8-3-2-4-9-15/h2-4,8-9,13-14H,5-7,10-12H2,1H3,(H,18,22)/t13-,14-/m1/s1. The number of hydrogen-bond acceptors (Lipinski definition) is 2. The van der Waals surface area contributed by atoms with Gasteiger partial charge in [0.1, 0.15) is 0 Å². The Morgan fingerprint density at radius 2 is 2.00 bits per heavy atom. The van der Waals surface area contributed by atoms with Crippen molar-refractivity contribution < 1.29 is 9.59 Å². The molecule has 2 atom stereocenters. The highest BCUT2D eigenvalue weighted by molar-refractivity contribution is 5.96. The average molecular weight is 301 g/mol. The van der Waals surface area contributed by atoms with Gasteiger partial charge < -0.3 is 15.1 Å². The van der Waals surface area contributed by atoms with Crippen LogP contribution in [0.4, 0.5) is 10.5 Å². The molecule has 5 nitrogen and oxygen atoms in total. The minimum Gasteiger partial charge on any atom is -0.333 e. The molecule has 3 amide bonds. The zero-order valence-electron chi connectivity index (χ0n) is 13.0. The van der Waals surface area contributed by atoms with E-state index in [0.29, 0.717) is 13.0 Å². The Morgan fingerprint density at radius 3 is 2.73 bits per heavy atom. The monoisotopic (exact) mass is 301 g/mol. The maximum absolute atomic E-state index is 12.4. The van der Waals surface area contributed by atoms with Crippen LogP contribution in [0.1, 0.15) is 32.6 Å². The number of anilines is 1. The summed E-state index contributed by atoms with van der Waals surface area (Å²) in [6.45, 7) is 3.46. The van der Waals surface area contributed by atoms with Crippen LogP contribution in [0.3, 0.4) is 0 Å². The lowest BCUT2D eigenvalue weighted by molar-refractivity contribution is -0.117. The van der Waals surface area contributed by atoms with Crippen LogP contribution >= 0.6 is 0 Å². The second-order valence-corrected chi connectivity index (χ2v) is 6.23. The summed E-state index contributed by atoms with van der Waals surface area (Å²) < 4.78 is 0. The minimum absolute atomic E-state index is 0.0279. The van der Waals surface area contributed by atoms with E-state index >= 15 is 0 Å². The molecule has 0 aromatic heterocycles. The van der Waals surface area contributed by atoms with E-state index in [1.165, 1.54) is 6.42 Å². The number of para-hydroxylation sites is 1. The third-order valence-corrected chi connectivity index (χ3v) is 4.58. The Kier molecular flexibility index (Phi) is 4.32. The number of rotatable bonds is 2. The van der Waals surface area contributed by atoms with Crippen LogP contribution in [-0.4, -0.2) is 42.0 Å². The molecule has 2 fully saturated rings. The fourth-order valence-corrected chi connectivity index (χ4v) is 3.32. The quantitative estimate of drug-likeness (QED) is 0.912. The number of benzene rings is 1. The normalized spacial score (nSPS) is 25.4. The summed E-state index contributed by atoms with van der Waals surface area (Å²) in [5.41, 5.74) is 0.899. The van der Waals surface area contributed by atoms with Crippen molar-refractivity contribution in [1.29, 1.82) is 0 Å². The molecule has 0 unspecified atom stereocenters. The second-order valence-electron chi connectivity index (χ2n) is 6.23. The predicted octanol–water partition coefficient (Wildman–Crippen LogP) is 2.38. The lowest BCUT2D eigenvalue weighted by Gasteiger charge is -2.34. The first-order valence-electron chi connectivity index (χ1n) is 8.07. The highest BCUT2D eigenvalue weighted by Crippen LogP contribution is 2.22. The van der Waals surface area contributed by atoms with Gasteiger partial charge >= 0.3 is 6.03 Å². The summed E-state index contributed by atoms with van der Waals surface area (Å²) in [5, 5.41) is 3.03. The van der Waals surface area contributed by atoms with Gasteiger partial charge in [0.15, 0.2) is 0 Å². The van der Waals surface area contributed by atoms with Crippen molar-refractivity contribution in [3.63, 3.8) is 0 Å². The summed E-state index contributed by atoms with van der Waals surface area (Å²) in [6.07, 6.45) is 3.70. The molecule has 22 heavy (non-hydrogen) atoms. The molecule has 2 heterocycles. The van der Waals surface area contributed by atoms with Crippen molar-refractivity contribution in [2.45, 2.75) is 44.7 Å². The molecule has 118 valence electrons. The van der Waals surface area contributed by atoms with E-state index in [2.05, 4.69) is 12.2 Å². The molecule has 1 aromatic rings. The van der Waals surface area contributed by atoms with Crippen LogP contribution in [0, 0.1) is 0 Å². The number of amides is 3. The first-order chi connectivity index (χ1) is 10.6. The summed E-state index contributed by atoms with van der Waals surface area (Å²) in [4.78, 5) is 28.2. The Hall–Kier alpha value is -2.04. The van der Waals surface area contributed by atoms with E-state index in [0.717, 1.165) is 25.1 Å². The number of carbonyl (C=O) groups excluding carboxylic acids is 2. The molecule has 5 heteroatoms. The predicted molar refractivity (Wildman–Crippen MR) is 85.8 cm³/mol. The number of urea groups is 1. The Morgan fingerprint density at radius 1 is 1.23 bits per heavy atom. The van der Waals surface area contributed by atoms with E-state index in [-0.39, 0.29) is 24.0 Å². The van der Waals surface area contributed by atoms with Crippen LogP contribution in [0.15, 0.2) is 30.3 Å². The number of carbonyl (C=O) groups is 2. The molecule has 0 spiro atoms. The van der Waals surface area contributed by atoms with Gasteiger partial charge in [0.25, 0.3) is 0 Å². The van der Waals surface area contributed by atoms with Crippen LogP contribution in [0.2, 0.25) is 0 Å². The maximum Gasteiger partial charge on any atom is 0.317 e. The SMILES string of the molecule is C[C@@H]1CCCCN1C(=O)N[C@@H]1CC(=O)N(c2ccccc2)C1. The van der Waals surface area contributed by atoms with Gasteiger partial charge in [-0.05, 0) is 38.3 Å². The molecule has 0 saturated carbocycles. The van der Waals surface area contributed by atoms with Crippen LogP contribution in [0.25, 0.3) is 0 Å². The molecular formula is C17H23N3O2. The molecule has 0 bridgehead atoms. The van der Waals surface area contributed by atoms with E-state index in [4.69, 9.17) is 0 Å². The number of nitrogens with zero attached hydrogens (tertiary/aromatic N) is 2. The smallest absolute Gasteiger partial charge is 0.317 e. The van der Waals surface area contributed by atoms with Gasteiger partial charge in [-0.1, -0.05) is 18.2 Å². The molecular weight excluding hydrogens is 278 g/mol. The van der Waals surface area contributed by atoms with Crippen LogP contribution in [-0.2, 0) is 4.79 Å². The second kappa shape index (κ2) is 6.38. The first-order valence-corrected chi connectivity index (χ1v) is 8.07. The fourth-order valence-electron chi connectivity index (χ4n) is 3.32. The molecule has 0 radical (unpaired) electrons. The van der Waals surface area contributed by atoms with Gasteiger partial charge in [0.2, 0.25) is 5.91 Å². The number of hydrogen-bond donors (Lipinski definition) is 1. The zero-order chi connectivity index (χ0) is 15.5. The van der Waals surface area contributed by atoms with Gasteiger partial charge in [-0.3, -0.25) is 4.79 Å². The Balaban J connectivity index is 1.60. The van der Waals surface area contributed by atoms with Gasteiger partial charge in [-0.25, -0.2) is 4.79 Å². The van der Waals surface area contributed by atoms with E-state index < -0.39 is 0 Å². The van der Waals surface area contributed by atoms with E-state index in [9.17, 15) is 9.59 Å². The molecule has 3 rings (SSSR count).